The Morgan fingerprint density at radius 3 is 2.05 bits per heavy atom. The highest BCUT2D eigenvalue weighted by Crippen LogP contribution is 2.27. The highest BCUT2D eigenvalue weighted by atomic mass is 16.1. The Bertz CT molecular complexity index is 335. The molecule has 0 aliphatic rings. The molecule has 0 rings (SSSR count). The van der Waals surface area contributed by atoms with Crippen LogP contribution in [0.5, 0.6) is 0 Å². The first-order valence-corrected chi connectivity index (χ1v) is 8.59. The van der Waals surface area contributed by atoms with Crippen molar-refractivity contribution in [1.82, 2.24) is 16.0 Å². The second kappa shape index (κ2) is 8.88. The molecule has 4 heteroatoms. The van der Waals surface area contributed by atoms with Gasteiger partial charge in [-0.05, 0) is 51.1 Å². The van der Waals surface area contributed by atoms with Crippen LogP contribution in [0.1, 0.15) is 67.7 Å². The minimum atomic E-state index is -0.177. The Balaban J connectivity index is 4.34. The van der Waals surface area contributed by atoms with Crippen molar-refractivity contribution < 1.29 is 4.79 Å². The number of amides is 1. The quantitative estimate of drug-likeness (QED) is 0.550. The Hall–Kier alpha value is -0.610. The van der Waals surface area contributed by atoms with Crippen LogP contribution in [0.3, 0.4) is 0 Å². The van der Waals surface area contributed by atoms with Crippen LogP contribution in [0.4, 0.5) is 0 Å². The van der Waals surface area contributed by atoms with Gasteiger partial charge in [-0.2, -0.15) is 0 Å². The van der Waals surface area contributed by atoms with Gasteiger partial charge in [-0.1, -0.05) is 34.6 Å². The Labute approximate surface area is 138 Å². The molecule has 3 N–H and O–H groups in total. The molecule has 0 unspecified atom stereocenters. The zero-order valence-corrected chi connectivity index (χ0v) is 16.2. The van der Waals surface area contributed by atoms with E-state index >= 15 is 0 Å². The van der Waals surface area contributed by atoms with E-state index in [0.29, 0.717) is 6.42 Å². The summed E-state index contributed by atoms with van der Waals surface area (Å²) < 4.78 is 0. The summed E-state index contributed by atoms with van der Waals surface area (Å²) in [6, 6.07) is 0. The number of rotatable bonds is 11. The monoisotopic (exact) mass is 313 g/mol. The Morgan fingerprint density at radius 1 is 0.955 bits per heavy atom. The number of hydrogen-bond acceptors (Lipinski definition) is 3. The van der Waals surface area contributed by atoms with Crippen molar-refractivity contribution in [2.24, 2.45) is 10.8 Å². The molecule has 0 heterocycles. The minimum absolute atomic E-state index is 0.156. The molecule has 0 aromatic carbocycles. The SMILES string of the molecule is CCNCC(C)(C)CCC(=O)NC(C)(C)CC(C)(C)CNC. The lowest BCUT2D eigenvalue weighted by molar-refractivity contribution is -0.123. The summed E-state index contributed by atoms with van der Waals surface area (Å²) in [6.45, 7) is 18.1. The molecule has 0 atom stereocenters. The first kappa shape index (κ1) is 21.4. The van der Waals surface area contributed by atoms with Crippen LogP contribution >= 0.6 is 0 Å². The van der Waals surface area contributed by atoms with Crippen molar-refractivity contribution in [3.05, 3.63) is 0 Å². The highest BCUT2D eigenvalue weighted by Gasteiger charge is 2.30. The van der Waals surface area contributed by atoms with Gasteiger partial charge in [-0.3, -0.25) is 4.79 Å². The average molecular weight is 314 g/mol. The van der Waals surface area contributed by atoms with Gasteiger partial charge in [0.25, 0.3) is 0 Å². The van der Waals surface area contributed by atoms with E-state index in [1.807, 2.05) is 7.05 Å². The van der Waals surface area contributed by atoms with Gasteiger partial charge >= 0.3 is 0 Å². The molecule has 0 aliphatic carbocycles. The van der Waals surface area contributed by atoms with Gasteiger partial charge in [0.15, 0.2) is 0 Å². The summed E-state index contributed by atoms with van der Waals surface area (Å²) in [6.07, 6.45) is 2.45. The standard InChI is InChI=1S/C18H39N3O/c1-9-20-14-16(2,3)11-10-15(22)21-18(6,7)12-17(4,5)13-19-8/h19-20H,9-14H2,1-8H3,(H,21,22). The van der Waals surface area contributed by atoms with Gasteiger partial charge in [0.05, 0.1) is 0 Å². The van der Waals surface area contributed by atoms with Gasteiger partial charge < -0.3 is 16.0 Å². The molecule has 0 fully saturated rings. The lowest BCUT2D eigenvalue weighted by Gasteiger charge is -2.36. The molecule has 0 radical (unpaired) electrons. The largest absolute Gasteiger partial charge is 0.351 e. The van der Waals surface area contributed by atoms with Crippen molar-refractivity contribution in [3.8, 4) is 0 Å². The van der Waals surface area contributed by atoms with Crippen LogP contribution in [0.2, 0.25) is 0 Å². The average Bonchev–Trinajstić information content (AvgIpc) is 2.32. The van der Waals surface area contributed by atoms with E-state index in [1.165, 1.54) is 0 Å². The van der Waals surface area contributed by atoms with Gasteiger partial charge in [-0.25, -0.2) is 0 Å². The molecule has 132 valence electrons. The Morgan fingerprint density at radius 2 is 1.55 bits per heavy atom. The first-order chi connectivity index (χ1) is 9.93. The molecule has 0 saturated carbocycles. The van der Waals surface area contributed by atoms with E-state index in [0.717, 1.165) is 32.5 Å². The van der Waals surface area contributed by atoms with E-state index < -0.39 is 0 Å². The molecule has 1 amide bonds. The lowest BCUT2D eigenvalue weighted by atomic mass is 9.79. The van der Waals surface area contributed by atoms with Gasteiger partial charge in [0.2, 0.25) is 5.91 Å². The number of nitrogens with one attached hydrogen (secondary N) is 3. The number of carbonyl (C=O) groups excluding carboxylic acids is 1. The third-order valence-corrected chi connectivity index (χ3v) is 3.94. The maximum Gasteiger partial charge on any atom is 0.220 e. The zero-order chi connectivity index (χ0) is 17.4. The van der Waals surface area contributed by atoms with Crippen LogP contribution in [-0.4, -0.2) is 38.1 Å². The van der Waals surface area contributed by atoms with Gasteiger partial charge in [0, 0.05) is 25.0 Å². The summed E-state index contributed by atoms with van der Waals surface area (Å²) in [4.78, 5) is 12.3. The maximum atomic E-state index is 12.3. The predicted octanol–water partition coefficient (Wildman–Crippen LogP) is 2.93. The van der Waals surface area contributed by atoms with Crippen LogP contribution in [-0.2, 0) is 4.79 Å². The summed E-state index contributed by atoms with van der Waals surface area (Å²) in [7, 11) is 1.97. The van der Waals surface area contributed by atoms with E-state index in [4.69, 9.17) is 0 Å². The fourth-order valence-corrected chi connectivity index (χ4v) is 3.23. The fraction of sp³-hybridized carbons (Fsp3) is 0.944. The summed E-state index contributed by atoms with van der Waals surface area (Å²) in [5.74, 6) is 0.162. The number of hydrogen-bond donors (Lipinski definition) is 3. The van der Waals surface area contributed by atoms with Crippen molar-refractivity contribution in [3.63, 3.8) is 0 Å². The van der Waals surface area contributed by atoms with Crippen LogP contribution < -0.4 is 16.0 Å². The summed E-state index contributed by atoms with van der Waals surface area (Å²) in [5, 5.41) is 9.81. The summed E-state index contributed by atoms with van der Waals surface area (Å²) in [5.41, 5.74) is 0.141. The molecule has 0 aromatic heterocycles. The molecule has 0 aromatic rings. The molecule has 0 bridgehead atoms. The summed E-state index contributed by atoms with van der Waals surface area (Å²) >= 11 is 0. The smallest absolute Gasteiger partial charge is 0.220 e. The van der Waals surface area contributed by atoms with Gasteiger partial charge in [0.1, 0.15) is 0 Å². The highest BCUT2D eigenvalue weighted by molar-refractivity contribution is 5.76. The molecule has 0 spiro atoms. The van der Waals surface area contributed by atoms with Crippen LogP contribution in [0.25, 0.3) is 0 Å². The minimum Gasteiger partial charge on any atom is -0.351 e. The molecule has 4 nitrogen and oxygen atoms in total. The van der Waals surface area contributed by atoms with Crippen molar-refractivity contribution >= 4 is 5.91 Å². The third kappa shape index (κ3) is 10.2. The van der Waals surface area contributed by atoms with Crippen molar-refractivity contribution in [1.29, 1.82) is 0 Å². The Kier molecular flexibility index (Phi) is 8.63. The van der Waals surface area contributed by atoms with Crippen LogP contribution in [0.15, 0.2) is 0 Å². The van der Waals surface area contributed by atoms with Gasteiger partial charge in [-0.15, -0.1) is 0 Å². The predicted molar refractivity (Wildman–Crippen MR) is 96.1 cm³/mol. The maximum absolute atomic E-state index is 12.3. The van der Waals surface area contributed by atoms with E-state index in [1.54, 1.807) is 0 Å². The van der Waals surface area contributed by atoms with Crippen LogP contribution in [0, 0.1) is 10.8 Å². The van der Waals surface area contributed by atoms with E-state index in [-0.39, 0.29) is 22.3 Å². The number of carbonyl (C=O) groups is 1. The molecular weight excluding hydrogens is 274 g/mol. The molecular formula is C18H39N3O. The molecule has 0 aliphatic heterocycles. The molecule has 0 saturated heterocycles. The van der Waals surface area contributed by atoms with E-state index in [2.05, 4.69) is 64.4 Å². The normalized spacial score (nSPS) is 13.3. The van der Waals surface area contributed by atoms with Crippen molar-refractivity contribution in [2.45, 2.75) is 73.3 Å². The van der Waals surface area contributed by atoms with E-state index in [9.17, 15) is 4.79 Å². The topological polar surface area (TPSA) is 53.2 Å². The molecule has 22 heavy (non-hydrogen) atoms. The zero-order valence-electron chi connectivity index (χ0n) is 16.2. The second-order valence-electron chi connectivity index (χ2n) is 8.75. The fourth-order valence-electron chi connectivity index (χ4n) is 3.23. The second-order valence-corrected chi connectivity index (χ2v) is 8.75. The third-order valence-electron chi connectivity index (χ3n) is 3.94. The first-order valence-electron chi connectivity index (χ1n) is 8.59. The lowest BCUT2D eigenvalue weighted by Crippen LogP contribution is -2.48. The van der Waals surface area contributed by atoms with Crippen molar-refractivity contribution in [2.75, 3.05) is 26.7 Å².